The number of anilines is 1. The highest BCUT2D eigenvalue weighted by molar-refractivity contribution is 9.10. The summed E-state index contributed by atoms with van der Waals surface area (Å²) in [7, 11) is 0. The second-order valence-electron chi connectivity index (χ2n) is 10.1. The summed E-state index contributed by atoms with van der Waals surface area (Å²) in [5.41, 5.74) is 2.93. The van der Waals surface area contributed by atoms with Gasteiger partial charge in [-0.1, -0.05) is 47.4 Å². The Morgan fingerprint density at radius 3 is 2.54 bits per heavy atom. The number of aromatic carboxylic acids is 1. The van der Waals surface area contributed by atoms with E-state index in [0.29, 0.717) is 27.5 Å². The lowest BCUT2D eigenvalue weighted by molar-refractivity contribution is -0.136. The van der Waals surface area contributed by atoms with Crippen LogP contribution in [0.15, 0.2) is 77.5 Å². The summed E-state index contributed by atoms with van der Waals surface area (Å²) in [6, 6.07) is 15.8. The summed E-state index contributed by atoms with van der Waals surface area (Å²) in [6.07, 6.45) is 4.46. The third-order valence-electron chi connectivity index (χ3n) is 6.84. The molecule has 0 spiro atoms. The molecule has 0 radical (unpaired) electrons. The Morgan fingerprint density at radius 1 is 1.10 bits per heavy atom. The molecular formula is C29H24BrClN6O4. The maximum Gasteiger partial charge on any atom is 0.335 e. The second kappa shape index (κ2) is 11.3. The van der Waals surface area contributed by atoms with E-state index in [2.05, 4.69) is 36.8 Å². The van der Waals surface area contributed by atoms with Crippen LogP contribution in [0.1, 0.15) is 46.9 Å². The van der Waals surface area contributed by atoms with Gasteiger partial charge in [0.2, 0.25) is 5.91 Å². The molecule has 0 fully saturated rings. The van der Waals surface area contributed by atoms with Crippen LogP contribution in [0.3, 0.4) is 0 Å². The first kappa shape index (κ1) is 28.2. The van der Waals surface area contributed by atoms with E-state index in [4.69, 9.17) is 11.6 Å². The molecule has 4 aromatic rings. The number of fused-ring (bicyclic) bond motifs is 1. The molecule has 2 heterocycles. The number of aromatic nitrogens is 4. The normalized spacial score (nSPS) is 15.9. The maximum atomic E-state index is 13.8. The van der Waals surface area contributed by atoms with Crippen LogP contribution in [-0.2, 0) is 15.0 Å². The monoisotopic (exact) mass is 634 g/mol. The molecule has 2 amide bonds. The third-order valence-corrected chi connectivity index (χ3v) is 7.56. The molecular weight excluding hydrogens is 612 g/mol. The lowest BCUT2D eigenvalue weighted by Crippen LogP contribution is -2.51. The van der Waals surface area contributed by atoms with E-state index in [1.54, 1.807) is 24.3 Å². The summed E-state index contributed by atoms with van der Waals surface area (Å²) >= 11 is 9.75. The minimum atomic E-state index is -1.07. The van der Waals surface area contributed by atoms with Gasteiger partial charge in [0, 0.05) is 38.8 Å². The Hall–Kier alpha value is -4.35. The number of hydrogen-bond acceptors (Lipinski definition) is 6. The van der Waals surface area contributed by atoms with E-state index >= 15 is 0 Å². The maximum absolute atomic E-state index is 13.8. The van der Waals surface area contributed by atoms with Crippen LogP contribution in [0.4, 0.5) is 5.69 Å². The Bertz CT molecular complexity index is 1670. The molecule has 1 aliphatic rings. The molecule has 0 bridgehead atoms. The van der Waals surface area contributed by atoms with Crippen LogP contribution in [0, 0.1) is 0 Å². The molecule has 0 saturated heterocycles. The van der Waals surface area contributed by atoms with Crippen molar-refractivity contribution in [3.63, 3.8) is 0 Å². The van der Waals surface area contributed by atoms with Crippen LogP contribution in [-0.4, -0.2) is 54.5 Å². The quantitative estimate of drug-likeness (QED) is 0.275. The fraction of sp³-hybridized carbons (Fsp3) is 0.172. The summed E-state index contributed by atoms with van der Waals surface area (Å²) in [5, 5.41) is 23.8. The lowest BCUT2D eigenvalue weighted by Gasteiger charge is -2.44. The van der Waals surface area contributed by atoms with Gasteiger partial charge in [-0.2, -0.15) is 4.68 Å². The average Bonchev–Trinajstić information content (AvgIpc) is 3.46. The predicted octanol–water partition coefficient (Wildman–Crippen LogP) is 5.29. The molecule has 41 heavy (non-hydrogen) atoms. The molecule has 3 aromatic carbocycles. The van der Waals surface area contributed by atoms with Crippen molar-refractivity contribution in [2.24, 2.45) is 0 Å². The van der Waals surface area contributed by atoms with E-state index in [9.17, 15) is 19.5 Å². The first-order chi connectivity index (χ1) is 19.5. The topological polar surface area (TPSA) is 130 Å². The van der Waals surface area contributed by atoms with E-state index in [0.717, 1.165) is 10.0 Å². The Morgan fingerprint density at radius 2 is 1.85 bits per heavy atom. The summed E-state index contributed by atoms with van der Waals surface area (Å²) in [4.78, 5) is 40.4. The third kappa shape index (κ3) is 5.91. The lowest BCUT2D eigenvalue weighted by atomic mass is 9.75. The van der Waals surface area contributed by atoms with Crippen molar-refractivity contribution in [1.82, 2.24) is 25.1 Å². The number of nitrogens with one attached hydrogen (secondary N) is 1. The number of hydrogen-bond donors (Lipinski definition) is 2. The van der Waals surface area contributed by atoms with Crippen molar-refractivity contribution in [3.05, 3.63) is 105 Å². The van der Waals surface area contributed by atoms with Crippen molar-refractivity contribution < 1.29 is 19.5 Å². The van der Waals surface area contributed by atoms with Gasteiger partial charge >= 0.3 is 5.97 Å². The minimum Gasteiger partial charge on any atom is -0.478 e. The molecule has 1 atom stereocenters. The summed E-state index contributed by atoms with van der Waals surface area (Å²) < 4.78 is 2.23. The fourth-order valence-corrected chi connectivity index (χ4v) is 5.50. The van der Waals surface area contributed by atoms with E-state index in [1.807, 2.05) is 32.0 Å². The number of carbonyl (C=O) groups is 3. The predicted molar refractivity (Wildman–Crippen MR) is 157 cm³/mol. The number of amides is 2. The first-order valence-corrected chi connectivity index (χ1v) is 13.7. The number of halogens is 2. The Balaban J connectivity index is 1.51. The number of carboxylic acids is 1. The second-order valence-corrected chi connectivity index (χ2v) is 11.5. The zero-order chi connectivity index (χ0) is 29.3. The van der Waals surface area contributed by atoms with Crippen molar-refractivity contribution in [2.75, 3.05) is 11.9 Å². The number of carbonyl (C=O) groups excluding carboxylic acids is 2. The van der Waals surface area contributed by atoms with Gasteiger partial charge in [-0.25, -0.2) is 4.79 Å². The molecule has 1 unspecified atom stereocenters. The highest BCUT2D eigenvalue weighted by Crippen LogP contribution is 2.41. The van der Waals surface area contributed by atoms with Gasteiger partial charge in [-0.3, -0.25) is 9.59 Å². The molecule has 10 nitrogen and oxygen atoms in total. The van der Waals surface area contributed by atoms with Gasteiger partial charge in [-0.05, 0) is 82.2 Å². The van der Waals surface area contributed by atoms with Crippen LogP contribution in [0.2, 0.25) is 5.02 Å². The van der Waals surface area contributed by atoms with Gasteiger partial charge in [0.25, 0.3) is 5.91 Å². The molecule has 1 aliphatic heterocycles. The Kier molecular flexibility index (Phi) is 7.74. The van der Waals surface area contributed by atoms with E-state index < -0.39 is 23.3 Å². The zero-order valence-corrected chi connectivity index (χ0v) is 24.3. The minimum absolute atomic E-state index is 0.0979. The Labute approximate surface area is 248 Å². The van der Waals surface area contributed by atoms with E-state index in [-0.39, 0.29) is 18.0 Å². The van der Waals surface area contributed by atoms with Crippen LogP contribution in [0.25, 0.3) is 11.8 Å². The van der Waals surface area contributed by atoms with Crippen LogP contribution < -0.4 is 5.32 Å². The highest BCUT2D eigenvalue weighted by atomic mass is 79.9. The van der Waals surface area contributed by atoms with Gasteiger partial charge in [-0.15, -0.1) is 5.10 Å². The summed E-state index contributed by atoms with van der Waals surface area (Å²) in [6.45, 7) is 4.32. The van der Waals surface area contributed by atoms with Crippen molar-refractivity contribution >= 4 is 57.1 Å². The zero-order valence-electron chi connectivity index (χ0n) is 22.0. The molecule has 12 heteroatoms. The molecule has 0 aliphatic carbocycles. The number of tetrazole rings is 1. The van der Waals surface area contributed by atoms with Crippen molar-refractivity contribution in [1.29, 1.82) is 0 Å². The molecule has 1 aromatic heterocycles. The standard InChI is InChI=1S/C29H24BrClN6O4/c1-29(2)15-36(25(38)12-5-18-13-20(31)7-11-24(18)37-16-32-34-35-37)26(22-14-19(30)6-10-23(22)29)27(39)33-21-8-3-17(4-9-21)28(40)41/h3-14,16,26H,15H2,1-2H3,(H,33,39)(H,40,41)/b12-5+. The van der Waals surface area contributed by atoms with Gasteiger partial charge in [0.05, 0.1) is 11.3 Å². The van der Waals surface area contributed by atoms with Gasteiger partial charge < -0.3 is 15.3 Å². The van der Waals surface area contributed by atoms with Crippen molar-refractivity contribution in [2.45, 2.75) is 25.3 Å². The largest absolute Gasteiger partial charge is 0.478 e. The highest BCUT2D eigenvalue weighted by Gasteiger charge is 2.42. The number of rotatable bonds is 6. The molecule has 2 N–H and O–H groups in total. The van der Waals surface area contributed by atoms with Crippen LogP contribution >= 0.6 is 27.5 Å². The molecule has 208 valence electrons. The van der Waals surface area contributed by atoms with Gasteiger partial charge in [0.1, 0.15) is 12.4 Å². The number of benzene rings is 3. The fourth-order valence-electron chi connectivity index (χ4n) is 4.94. The smallest absolute Gasteiger partial charge is 0.335 e. The summed E-state index contributed by atoms with van der Waals surface area (Å²) in [5.74, 6) is -1.88. The molecule has 5 rings (SSSR count). The SMILES string of the molecule is CC1(C)CN(C(=O)/C=C/c2cc(Cl)ccc2-n2cnnn2)C(C(=O)Nc2ccc(C(=O)O)cc2)c2cc(Br)ccc21. The molecule has 0 saturated carbocycles. The average molecular weight is 636 g/mol. The van der Waals surface area contributed by atoms with Gasteiger partial charge in [0.15, 0.2) is 0 Å². The number of nitrogens with zero attached hydrogens (tertiary/aromatic N) is 5. The number of carboxylic acid groups (broad SMARTS) is 1. The van der Waals surface area contributed by atoms with Crippen LogP contribution in [0.5, 0.6) is 0 Å². The first-order valence-electron chi connectivity index (χ1n) is 12.5. The van der Waals surface area contributed by atoms with Crippen molar-refractivity contribution in [3.8, 4) is 5.69 Å². The van der Waals surface area contributed by atoms with E-state index in [1.165, 1.54) is 46.3 Å².